The zero-order valence-electron chi connectivity index (χ0n) is 14.9. The third kappa shape index (κ3) is 4.89. The second-order valence-electron chi connectivity index (χ2n) is 6.62. The van der Waals surface area contributed by atoms with Gasteiger partial charge in [0.2, 0.25) is 0 Å². The Morgan fingerprint density at radius 1 is 1.33 bits per heavy atom. The summed E-state index contributed by atoms with van der Waals surface area (Å²) in [4.78, 5) is 14.6. The third-order valence-electron chi connectivity index (χ3n) is 4.70. The van der Waals surface area contributed by atoms with E-state index in [4.69, 9.17) is 11.6 Å². The Morgan fingerprint density at radius 2 is 2.11 bits per heavy atom. The molecule has 0 bridgehead atoms. The first kappa shape index (κ1) is 19.4. The number of nitrogens with one attached hydrogen (secondary N) is 1. The molecule has 1 heterocycles. The second kappa shape index (κ2) is 8.57. The molecule has 0 spiro atoms. The molecule has 1 N–H and O–H groups in total. The van der Waals surface area contributed by atoms with Crippen LogP contribution in [-0.4, -0.2) is 32.2 Å². The van der Waals surface area contributed by atoms with Gasteiger partial charge in [0.05, 0.1) is 5.56 Å². The van der Waals surface area contributed by atoms with Crippen molar-refractivity contribution in [2.45, 2.75) is 20.0 Å². The summed E-state index contributed by atoms with van der Waals surface area (Å²) in [6.45, 7) is 1.23. The maximum absolute atomic E-state index is 12.5. The van der Waals surface area contributed by atoms with Gasteiger partial charge in [0.1, 0.15) is 5.75 Å². The molecule has 1 aliphatic heterocycles. The number of nitrogens with zero attached hydrogens (tertiary/aromatic N) is 1. The molecular weight excluding hydrogens is 374 g/mol. The molecule has 27 heavy (non-hydrogen) atoms. The topological polar surface area (TPSA) is 41.6 Å². The Kier molecular flexibility index (Phi) is 6.16. The molecule has 2 aromatic carbocycles. The lowest BCUT2D eigenvalue weighted by molar-refractivity contribution is -0.0501. The number of aryl methyl sites for hydroxylation is 1. The van der Waals surface area contributed by atoms with Gasteiger partial charge in [0.25, 0.3) is 5.91 Å². The number of para-hydroxylation sites is 1. The molecule has 7 heteroatoms. The zero-order valence-corrected chi connectivity index (χ0v) is 15.7. The van der Waals surface area contributed by atoms with Crippen LogP contribution < -0.4 is 15.0 Å². The maximum atomic E-state index is 12.5. The van der Waals surface area contributed by atoms with Crippen molar-refractivity contribution in [1.29, 1.82) is 0 Å². The summed E-state index contributed by atoms with van der Waals surface area (Å²) < 4.78 is 29.4. The van der Waals surface area contributed by atoms with Gasteiger partial charge < -0.3 is 15.0 Å². The predicted molar refractivity (Wildman–Crippen MR) is 102 cm³/mol. The second-order valence-corrected chi connectivity index (χ2v) is 7.05. The normalized spacial score (nSPS) is 16.6. The van der Waals surface area contributed by atoms with E-state index in [2.05, 4.69) is 15.0 Å². The largest absolute Gasteiger partial charge is 0.434 e. The van der Waals surface area contributed by atoms with Gasteiger partial charge in [0, 0.05) is 30.3 Å². The van der Waals surface area contributed by atoms with Gasteiger partial charge in [-0.3, -0.25) is 4.79 Å². The summed E-state index contributed by atoms with van der Waals surface area (Å²) in [6.07, 6.45) is 0.932. The van der Waals surface area contributed by atoms with Crippen molar-refractivity contribution in [2.24, 2.45) is 5.92 Å². The number of rotatable bonds is 6. The lowest BCUT2D eigenvalue weighted by atomic mass is 10.1. The van der Waals surface area contributed by atoms with Gasteiger partial charge in [0.15, 0.2) is 0 Å². The Hall–Kier alpha value is -2.34. The molecule has 0 radical (unpaired) electrons. The number of carbonyl (C=O) groups is 1. The number of alkyl halides is 2. The molecule has 1 amide bonds. The lowest BCUT2D eigenvalue weighted by Crippen LogP contribution is -2.31. The predicted octanol–water partition coefficient (Wildman–Crippen LogP) is 4.51. The molecule has 4 nitrogen and oxygen atoms in total. The van der Waals surface area contributed by atoms with Crippen molar-refractivity contribution in [1.82, 2.24) is 5.32 Å². The number of hydrogen-bond donors (Lipinski definition) is 1. The molecule has 2 aromatic rings. The number of halogens is 3. The van der Waals surface area contributed by atoms with Crippen LogP contribution in [0, 0.1) is 12.8 Å². The van der Waals surface area contributed by atoms with E-state index < -0.39 is 12.5 Å². The number of anilines is 1. The van der Waals surface area contributed by atoms with Gasteiger partial charge in [-0.2, -0.15) is 8.78 Å². The summed E-state index contributed by atoms with van der Waals surface area (Å²) in [5, 5.41) is 3.53. The average Bonchev–Trinajstić information content (AvgIpc) is 3.10. The Morgan fingerprint density at radius 3 is 2.89 bits per heavy atom. The van der Waals surface area contributed by atoms with Crippen molar-refractivity contribution in [3.8, 4) is 5.75 Å². The van der Waals surface area contributed by atoms with E-state index in [0.29, 0.717) is 11.6 Å². The van der Waals surface area contributed by atoms with E-state index in [1.54, 1.807) is 12.1 Å². The molecule has 144 valence electrons. The van der Waals surface area contributed by atoms with E-state index in [1.165, 1.54) is 12.1 Å². The quantitative estimate of drug-likeness (QED) is 0.784. The molecule has 0 saturated carbocycles. The van der Waals surface area contributed by atoms with Crippen molar-refractivity contribution in [2.75, 3.05) is 24.5 Å². The summed E-state index contributed by atoms with van der Waals surface area (Å²) in [7, 11) is 0. The molecular formula is C20H21ClF2N2O2. The van der Waals surface area contributed by atoms with Crippen LogP contribution in [0.1, 0.15) is 22.3 Å². The Bertz CT molecular complexity index is 816. The fraction of sp³-hybridized carbons (Fsp3) is 0.350. The minimum atomic E-state index is -2.97. The van der Waals surface area contributed by atoms with Crippen molar-refractivity contribution in [3.63, 3.8) is 0 Å². The van der Waals surface area contributed by atoms with Crippen LogP contribution in [0.15, 0.2) is 42.5 Å². The van der Waals surface area contributed by atoms with Crippen LogP contribution >= 0.6 is 11.6 Å². The van der Waals surface area contributed by atoms with Gasteiger partial charge in [-0.05, 0) is 49.1 Å². The fourth-order valence-corrected chi connectivity index (χ4v) is 3.49. The van der Waals surface area contributed by atoms with Gasteiger partial charge >= 0.3 is 6.61 Å². The van der Waals surface area contributed by atoms with Crippen molar-refractivity contribution in [3.05, 3.63) is 58.6 Å². The smallest absolute Gasteiger partial charge is 0.387 e. The summed E-state index contributed by atoms with van der Waals surface area (Å²) >= 11 is 6.10. The Labute approximate surface area is 162 Å². The van der Waals surface area contributed by atoms with E-state index in [-0.39, 0.29) is 17.2 Å². The molecule has 1 unspecified atom stereocenters. The molecule has 1 fully saturated rings. The molecule has 0 aromatic heterocycles. The third-order valence-corrected chi connectivity index (χ3v) is 4.93. The highest BCUT2D eigenvalue weighted by molar-refractivity contribution is 6.30. The van der Waals surface area contributed by atoms with Crippen LogP contribution in [0.3, 0.4) is 0 Å². The minimum Gasteiger partial charge on any atom is -0.434 e. The van der Waals surface area contributed by atoms with Gasteiger partial charge in [-0.15, -0.1) is 0 Å². The van der Waals surface area contributed by atoms with Gasteiger partial charge in [-0.25, -0.2) is 0 Å². The summed E-state index contributed by atoms with van der Waals surface area (Å²) in [5.41, 5.74) is 2.37. The molecule has 1 atom stereocenters. The monoisotopic (exact) mass is 394 g/mol. The average molecular weight is 395 g/mol. The van der Waals surface area contributed by atoms with E-state index >= 15 is 0 Å². The molecule has 1 aliphatic rings. The number of benzene rings is 2. The Balaban J connectivity index is 1.58. The fourth-order valence-electron chi connectivity index (χ4n) is 3.33. The summed E-state index contributed by atoms with van der Waals surface area (Å²) in [6, 6.07) is 11.8. The highest BCUT2D eigenvalue weighted by atomic mass is 35.5. The van der Waals surface area contributed by atoms with Crippen LogP contribution in [0.5, 0.6) is 5.75 Å². The zero-order chi connectivity index (χ0) is 19.4. The number of amides is 1. The number of carbonyl (C=O) groups excluding carboxylic acids is 1. The standard InChI is InChI=1S/C20H21ClF2N2O2/c1-13-6-7-15(21)10-17(13)25-9-8-14(12-25)11-24-19(26)16-4-2-3-5-18(16)27-20(22)23/h2-7,10,14,20H,8-9,11-12H2,1H3,(H,24,26). The lowest BCUT2D eigenvalue weighted by Gasteiger charge is -2.21. The van der Waals surface area contributed by atoms with Gasteiger partial charge in [-0.1, -0.05) is 29.8 Å². The molecule has 0 aliphatic carbocycles. The van der Waals surface area contributed by atoms with Crippen LogP contribution in [0.25, 0.3) is 0 Å². The van der Waals surface area contributed by atoms with E-state index in [1.807, 2.05) is 25.1 Å². The molecule has 3 rings (SSSR count). The first-order valence-corrected chi connectivity index (χ1v) is 9.15. The van der Waals surface area contributed by atoms with Crippen LogP contribution in [0.2, 0.25) is 5.02 Å². The highest BCUT2D eigenvalue weighted by Gasteiger charge is 2.25. The minimum absolute atomic E-state index is 0.110. The first-order valence-electron chi connectivity index (χ1n) is 8.77. The van der Waals surface area contributed by atoms with Crippen molar-refractivity contribution < 1.29 is 18.3 Å². The molecule has 1 saturated heterocycles. The number of ether oxygens (including phenoxy) is 1. The van der Waals surface area contributed by atoms with Crippen LogP contribution in [0.4, 0.5) is 14.5 Å². The summed E-state index contributed by atoms with van der Waals surface area (Å²) in [5.74, 6) is -0.258. The first-order chi connectivity index (χ1) is 12.9. The van der Waals surface area contributed by atoms with E-state index in [0.717, 1.165) is 30.8 Å². The highest BCUT2D eigenvalue weighted by Crippen LogP contribution is 2.29. The van der Waals surface area contributed by atoms with Crippen LogP contribution in [-0.2, 0) is 0 Å². The van der Waals surface area contributed by atoms with E-state index in [9.17, 15) is 13.6 Å². The van der Waals surface area contributed by atoms with Crippen molar-refractivity contribution >= 4 is 23.2 Å². The maximum Gasteiger partial charge on any atom is 0.387 e. The number of hydrogen-bond acceptors (Lipinski definition) is 3. The SMILES string of the molecule is Cc1ccc(Cl)cc1N1CCC(CNC(=O)c2ccccc2OC(F)F)C1.